The molecule has 0 aliphatic rings. The molecule has 0 saturated carbocycles. The second-order valence-electron chi connectivity index (χ2n) is 6.29. The SMILES string of the molecule is CC(CO)n1cnc(-c2ccc(F)cc2)c1-c1ccc2ncc(C#N)n2c1. The van der Waals surface area contributed by atoms with Gasteiger partial charge in [-0.25, -0.2) is 14.4 Å². The van der Waals surface area contributed by atoms with Gasteiger partial charge in [-0.15, -0.1) is 0 Å². The number of benzene rings is 1. The van der Waals surface area contributed by atoms with Crippen LogP contribution in [0.15, 0.2) is 55.1 Å². The van der Waals surface area contributed by atoms with Crippen molar-refractivity contribution < 1.29 is 9.50 Å². The van der Waals surface area contributed by atoms with Gasteiger partial charge in [-0.2, -0.15) is 5.26 Å². The Morgan fingerprint density at radius 2 is 1.89 bits per heavy atom. The molecule has 0 bridgehead atoms. The van der Waals surface area contributed by atoms with E-state index < -0.39 is 0 Å². The number of hydrogen-bond acceptors (Lipinski definition) is 4. The Balaban J connectivity index is 1.96. The second-order valence-corrected chi connectivity index (χ2v) is 6.29. The van der Waals surface area contributed by atoms with Crippen LogP contribution in [0.4, 0.5) is 4.39 Å². The van der Waals surface area contributed by atoms with Crippen molar-refractivity contribution in [2.24, 2.45) is 0 Å². The van der Waals surface area contributed by atoms with Crippen LogP contribution in [0.1, 0.15) is 18.7 Å². The van der Waals surface area contributed by atoms with Crippen molar-refractivity contribution in [2.75, 3.05) is 6.61 Å². The van der Waals surface area contributed by atoms with Crippen LogP contribution in [0.5, 0.6) is 0 Å². The largest absolute Gasteiger partial charge is 0.394 e. The fraction of sp³-hybridized carbons (Fsp3) is 0.150. The number of nitrogens with zero attached hydrogens (tertiary/aromatic N) is 5. The molecule has 0 amide bonds. The fourth-order valence-electron chi connectivity index (χ4n) is 3.09. The maximum absolute atomic E-state index is 13.3. The van der Waals surface area contributed by atoms with E-state index in [1.165, 1.54) is 18.3 Å². The third-order valence-corrected chi connectivity index (χ3v) is 4.54. The topological polar surface area (TPSA) is 79.1 Å². The maximum atomic E-state index is 13.3. The van der Waals surface area contributed by atoms with Crippen LogP contribution < -0.4 is 0 Å². The Labute approximate surface area is 154 Å². The van der Waals surface area contributed by atoms with Crippen LogP contribution in [0, 0.1) is 17.1 Å². The Kier molecular flexibility index (Phi) is 4.18. The van der Waals surface area contributed by atoms with Crippen molar-refractivity contribution in [3.8, 4) is 28.6 Å². The highest BCUT2D eigenvalue weighted by molar-refractivity contribution is 5.79. The highest BCUT2D eigenvalue weighted by Crippen LogP contribution is 2.33. The molecule has 3 heterocycles. The smallest absolute Gasteiger partial charge is 0.144 e. The molecule has 1 atom stereocenters. The van der Waals surface area contributed by atoms with Crippen molar-refractivity contribution in [3.63, 3.8) is 0 Å². The molecule has 1 aromatic carbocycles. The van der Waals surface area contributed by atoms with Crippen LogP contribution >= 0.6 is 0 Å². The van der Waals surface area contributed by atoms with Gasteiger partial charge in [0.15, 0.2) is 0 Å². The van der Waals surface area contributed by atoms with Gasteiger partial charge in [-0.1, -0.05) is 0 Å². The number of pyridine rings is 1. The number of aliphatic hydroxyl groups excluding tert-OH is 1. The molecule has 1 N–H and O–H groups in total. The maximum Gasteiger partial charge on any atom is 0.144 e. The lowest BCUT2D eigenvalue weighted by Crippen LogP contribution is -2.10. The monoisotopic (exact) mass is 361 g/mol. The lowest BCUT2D eigenvalue weighted by atomic mass is 10.1. The van der Waals surface area contributed by atoms with Gasteiger partial charge in [-0.3, -0.25) is 4.40 Å². The number of rotatable bonds is 4. The highest BCUT2D eigenvalue weighted by atomic mass is 19.1. The predicted octanol–water partition coefficient (Wildman–Crippen LogP) is 3.43. The Bertz CT molecular complexity index is 1150. The number of halogens is 1. The Morgan fingerprint density at radius 3 is 2.59 bits per heavy atom. The lowest BCUT2D eigenvalue weighted by molar-refractivity contribution is 0.239. The van der Waals surface area contributed by atoms with E-state index in [2.05, 4.69) is 16.0 Å². The molecule has 0 aliphatic heterocycles. The predicted molar refractivity (Wildman–Crippen MR) is 98.3 cm³/mol. The zero-order valence-electron chi connectivity index (χ0n) is 14.5. The fourth-order valence-corrected chi connectivity index (χ4v) is 3.09. The van der Waals surface area contributed by atoms with Gasteiger partial charge in [0, 0.05) is 17.3 Å². The normalized spacial score (nSPS) is 12.2. The van der Waals surface area contributed by atoms with Gasteiger partial charge >= 0.3 is 0 Å². The summed E-state index contributed by atoms with van der Waals surface area (Å²) in [6, 6.07) is 11.8. The summed E-state index contributed by atoms with van der Waals surface area (Å²) in [6.07, 6.45) is 5.01. The lowest BCUT2D eigenvalue weighted by Gasteiger charge is -2.16. The number of imidazole rings is 2. The van der Waals surface area contributed by atoms with E-state index in [0.29, 0.717) is 17.0 Å². The second kappa shape index (κ2) is 6.67. The molecule has 0 radical (unpaired) electrons. The zero-order valence-corrected chi connectivity index (χ0v) is 14.5. The summed E-state index contributed by atoms with van der Waals surface area (Å²) in [5.74, 6) is -0.318. The first-order valence-electron chi connectivity index (χ1n) is 8.43. The van der Waals surface area contributed by atoms with Crippen molar-refractivity contribution in [1.82, 2.24) is 18.9 Å². The van der Waals surface area contributed by atoms with Gasteiger partial charge in [-0.05, 0) is 43.3 Å². The Morgan fingerprint density at radius 1 is 1.15 bits per heavy atom. The van der Waals surface area contributed by atoms with Crippen LogP contribution in [0.25, 0.3) is 28.2 Å². The molecule has 6 nitrogen and oxygen atoms in total. The summed E-state index contributed by atoms with van der Waals surface area (Å²) in [4.78, 5) is 8.72. The molecule has 7 heteroatoms. The van der Waals surface area contributed by atoms with E-state index in [-0.39, 0.29) is 18.5 Å². The summed E-state index contributed by atoms with van der Waals surface area (Å²) < 4.78 is 16.9. The van der Waals surface area contributed by atoms with Crippen molar-refractivity contribution in [3.05, 3.63) is 66.6 Å². The molecule has 0 saturated heterocycles. The number of aliphatic hydroxyl groups is 1. The first-order valence-corrected chi connectivity index (χ1v) is 8.43. The average molecular weight is 361 g/mol. The third kappa shape index (κ3) is 2.86. The standard InChI is InChI=1S/C20H16FN5O/c1-13(11-27)26-12-24-19(14-2-5-16(21)6-3-14)20(26)15-4-7-18-23-9-17(8-22)25(18)10-15/h2-7,9-10,12-13,27H,11H2,1H3. The highest BCUT2D eigenvalue weighted by Gasteiger charge is 2.19. The first kappa shape index (κ1) is 16.9. The molecule has 134 valence electrons. The van der Waals surface area contributed by atoms with Gasteiger partial charge in [0.05, 0.1) is 36.6 Å². The summed E-state index contributed by atoms with van der Waals surface area (Å²) in [6.45, 7) is 1.83. The number of hydrogen-bond donors (Lipinski definition) is 1. The van der Waals surface area contributed by atoms with Crippen LogP contribution in [-0.2, 0) is 0 Å². The molecule has 0 spiro atoms. The van der Waals surface area contributed by atoms with Crippen molar-refractivity contribution in [1.29, 1.82) is 5.26 Å². The van der Waals surface area contributed by atoms with E-state index in [4.69, 9.17) is 0 Å². The molecule has 27 heavy (non-hydrogen) atoms. The van der Waals surface area contributed by atoms with E-state index in [1.54, 1.807) is 22.9 Å². The zero-order chi connectivity index (χ0) is 19.0. The molecule has 4 aromatic rings. The van der Waals surface area contributed by atoms with E-state index >= 15 is 0 Å². The molecular formula is C20H16FN5O. The van der Waals surface area contributed by atoms with Crippen LogP contribution in [-0.4, -0.2) is 30.6 Å². The molecule has 3 aromatic heterocycles. The molecule has 4 rings (SSSR count). The third-order valence-electron chi connectivity index (χ3n) is 4.54. The molecule has 1 unspecified atom stereocenters. The van der Waals surface area contributed by atoms with E-state index in [0.717, 1.165) is 16.8 Å². The summed E-state index contributed by atoms with van der Waals surface area (Å²) in [7, 11) is 0. The number of nitriles is 1. The average Bonchev–Trinajstić information content (AvgIpc) is 3.31. The van der Waals surface area contributed by atoms with Crippen LogP contribution in [0.3, 0.4) is 0 Å². The van der Waals surface area contributed by atoms with E-state index in [1.807, 2.05) is 29.8 Å². The van der Waals surface area contributed by atoms with Gasteiger partial charge in [0.25, 0.3) is 0 Å². The number of fused-ring (bicyclic) bond motifs is 1. The number of aromatic nitrogens is 4. The molecular weight excluding hydrogens is 345 g/mol. The van der Waals surface area contributed by atoms with Gasteiger partial charge < -0.3 is 9.67 Å². The van der Waals surface area contributed by atoms with Crippen LogP contribution in [0.2, 0.25) is 0 Å². The summed E-state index contributed by atoms with van der Waals surface area (Å²) >= 11 is 0. The minimum atomic E-state index is -0.318. The minimum Gasteiger partial charge on any atom is -0.394 e. The Hall–Kier alpha value is -3.50. The van der Waals surface area contributed by atoms with Crippen molar-refractivity contribution >= 4 is 5.65 Å². The quantitative estimate of drug-likeness (QED) is 0.604. The molecule has 0 fully saturated rings. The minimum absolute atomic E-state index is 0.0526. The van der Waals surface area contributed by atoms with Gasteiger partial charge in [0.2, 0.25) is 0 Å². The summed E-state index contributed by atoms with van der Waals surface area (Å²) in [5, 5.41) is 18.9. The van der Waals surface area contributed by atoms with Gasteiger partial charge in [0.1, 0.15) is 23.2 Å². The molecule has 0 aliphatic carbocycles. The van der Waals surface area contributed by atoms with E-state index in [9.17, 15) is 14.8 Å². The summed E-state index contributed by atoms with van der Waals surface area (Å²) in [5.41, 5.74) is 4.13. The van der Waals surface area contributed by atoms with Crippen molar-refractivity contribution in [2.45, 2.75) is 13.0 Å². The first-order chi connectivity index (χ1) is 13.1.